The second-order valence-electron chi connectivity index (χ2n) is 5.67. The molecular weight excluding hydrogens is 356 g/mol. The molecule has 1 aromatic heterocycles. The van der Waals surface area contributed by atoms with Crippen molar-refractivity contribution in [3.05, 3.63) is 63.1 Å². The molecule has 0 saturated heterocycles. The Hall–Kier alpha value is -3.95. The Morgan fingerprint density at radius 1 is 1.11 bits per heavy atom. The van der Waals surface area contributed by atoms with Crippen LogP contribution in [-0.4, -0.2) is 21.3 Å². The van der Waals surface area contributed by atoms with Crippen molar-refractivity contribution in [2.75, 3.05) is 10.6 Å². The van der Waals surface area contributed by atoms with Gasteiger partial charge in [-0.1, -0.05) is 0 Å². The van der Waals surface area contributed by atoms with Gasteiger partial charge in [-0.25, -0.2) is 4.79 Å². The van der Waals surface area contributed by atoms with Crippen LogP contribution in [0.2, 0.25) is 0 Å². The summed E-state index contributed by atoms with van der Waals surface area (Å²) >= 11 is 0. The molecule has 10 nitrogen and oxygen atoms in total. The smallest absolute Gasteiger partial charge is 0.408 e. The molecule has 3 rings (SSSR count). The maximum absolute atomic E-state index is 12.2. The van der Waals surface area contributed by atoms with Gasteiger partial charge >= 0.3 is 5.76 Å². The molecule has 2 N–H and O–H groups in total. The lowest BCUT2D eigenvalue weighted by Crippen LogP contribution is -2.24. The molecule has 0 fully saturated rings. The monoisotopic (exact) mass is 370 g/mol. The normalized spacial score (nSPS) is 10.6. The molecule has 1 heterocycles. The van der Waals surface area contributed by atoms with Crippen molar-refractivity contribution < 1.29 is 18.9 Å². The Balaban J connectivity index is 1.78. The van der Waals surface area contributed by atoms with Crippen LogP contribution < -0.4 is 16.4 Å². The molecule has 2 amide bonds. The van der Waals surface area contributed by atoms with Crippen molar-refractivity contribution in [2.45, 2.75) is 13.5 Å². The van der Waals surface area contributed by atoms with Gasteiger partial charge in [0, 0.05) is 30.4 Å². The maximum atomic E-state index is 12.2. The van der Waals surface area contributed by atoms with Crippen LogP contribution in [0.3, 0.4) is 0 Å². The molecule has 0 atom stereocenters. The number of carbonyl (C=O) groups is 2. The van der Waals surface area contributed by atoms with E-state index in [9.17, 15) is 24.5 Å². The second-order valence-corrected chi connectivity index (χ2v) is 5.67. The van der Waals surface area contributed by atoms with Crippen LogP contribution >= 0.6 is 0 Å². The Labute approximate surface area is 151 Å². The van der Waals surface area contributed by atoms with Crippen molar-refractivity contribution in [1.29, 1.82) is 0 Å². The van der Waals surface area contributed by atoms with Gasteiger partial charge in [-0.2, -0.15) is 0 Å². The maximum Gasteiger partial charge on any atom is 0.420 e. The SMILES string of the molecule is CC(=O)Nc1ccc(NC(=O)Cn2c(=O)oc3ccc([N+](=O)[O-])cc32)cc1. The van der Waals surface area contributed by atoms with Gasteiger partial charge in [0.05, 0.1) is 10.4 Å². The molecule has 138 valence electrons. The Kier molecular flexibility index (Phi) is 4.71. The summed E-state index contributed by atoms with van der Waals surface area (Å²) < 4.78 is 6.02. The van der Waals surface area contributed by atoms with Gasteiger partial charge in [-0.15, -0.1) is 0 Å². The highest BCUT2D eigenvalue weighted by atomic mass is 16.6. The number of oxazole rings is 1. The zero-order chi connectivity index (χ0) is 19.6. The van der Waals surface area contributed by atoms with E-state index in [1.807, 2.05) is 0 Å². The minimum absolute atomic E-state index is 0.151. The van der Waals surface area contributed by atoms with Crippen LogP contribution in [0.1, 0.15) is 6.92 Å². The van der Waals surface area contributed by atoms with Crippen LogP contribution in [-0.2, 0) is 16.1 Å². The van der Waals surface area contributed by atoms with Gasteiger partial charge in [0.2, 0.25) is 11.8 Å². The first kappa shape index (κ1) is 17.9. The molecular formula is C17H14N4O6. The highest BCUT2D eigenvalue weighted by Gasteiger charge is 2.16. The summed E-state index contributed by atoms with van der Waals surface area (Å²) in [6.45, 7) is 1.01. The molecule has 0 aliphatic heterocycles. The molecule has 0 saturated carbocycles. The highest BCUT2D eigenvalue weighted by Crippen LogP contribution is 2.20. The van der Waals surface area contributed by atoms with Crippen LogP contribution in [0.4, 0.5) is 17.1 Å². The van der Waals surface area contributed by atoms with Gasteiger partial charge in [-0.05, 0) is 30.3 Å². The number of aromatic nitrogens is 1. The number of nitrogens with one attached hydrogen (secondary N) is 2. The summed E-state index contributed by atoms with van der Waals surface area (Å²) in [4.78, 5) is 45.5. The number of hydrogen-bond donors (Lipinski definition) is 2. The molecule has 27 heavy (non-hydrogen) atoms. The van der Waals surface area contributed by atoms with Gasteiger partial charge in [0.25, 0.3) is 5.69 Å². The standard InChI is InChI=1S/C17H14N4O6/c1-10(22)18-11-2-4-12(5-3-11)19-16(23)9-20-14-8-13(21(25)26)6-7-15(14)27-17(20)24/h2-8H,9H2,1H3,(H,18,22)(H,19,23). The van der Waals surface area contributed by atoms with E-state index in [1.54, 1.807) is 24.3 Å². The number of nitrogens with zero attached hydrogens (tertiary/aromatic N) is 2. The van der Waals surface area contributed by atoms with Crippen LogP contribution in [0.25, 0.3) is 11.1 Å². The largest absolute Gasteiger partial charge is 0.420 e. The van der Waals surface area contributed by atoms with Crippen molar-refractivity contribution in [3.63, 3.8) is 0 Å². The zero-order valence-electron chi connectivity index (χ0n) is 14.1. The van der Waals surface area contributed by atoms with Crippen molar-refractivity contribution in [2.24, 2.45) is 0 Å². The number of nitro benzene ring substituents is 1. The number of nitro groups is 1. The van der Waals surface area contributed by atoms with Crippen LogP contribution in [0.15, 0.2) is 51.7 Å². The van der Waals surface area contributed by atoms with E-state index >= 15 is 0 Å². The summed E-state index contributed by atoms with van der Waals surface area (Å²) in [7, 11) is 0. The summed E-state index contributed by atoms with van der Waals surface area (Å²) in [6, 6.07) is 10.1. The molecule has 0 aliphatic carbocycles. The highest BCUT2D eigenvalue weighted by molar-refractivity contribution is 5.92. The van der Waals surface area contributed by atoms with E-state index in [4.69, 9.17) is 4.42 Å². The first-order valence-corrected chi connectivity index (χ1v) is 7.79. The first-order valence-electron chi connectivity index (χ1n) is 7.79. The minimum Gasteiger partial charge on any atom is -0.408 e. The fourth-order valence-electron chi connectivity index (χ4n) is 2.50. The molecule has 0 spiro atoms. The third-order valence-corrected chi connectivity index (χ3v) is 3.65. The molecule has 0 aliphatic rings. The predicted octanol–water partition coefficient (Wildman–Crippen LogP) is 2.10. The molecule has 10 heteroatoms. The second kappa shape index (κ2) is 7.12. The Morgan fingerprint density at radius 2 is 1.74 bits per heavy atom. The van der Waals surface area contributed by atoms with E-state index in [1.165, 1.54) is 25.1 Å². The fourth-order valence-corrected chi connectivity index (χ4v) is 2.50. The number of benzene rings is 2. The summed E-state index contributed by atoms with van der Waals surface area (Å²) in [6.07, 6.45) is 0. The topological polar surface area (TPSA) is 136 Å². The Bertz CT molecular complexity index is 1100. The average Bonchev–Trinajstić information content (AvgIpc) is 2.91. The molecule has 2 aromatic carbocycles. The number of rotatable bonds is 5. The lowest BCUT2D eigenvalue weighted by atomic mass is 10.2. The summed E-state index contributed by atoms with van der Waals surface area (Å²) in [5.41, 5.74) is 1.13. The lowest BCUT2D eigenvalue weighted by molar-refractivity contribution is -0.384. The van der Waals surface area contributed by atoms with E-state index in [0.717, 1.165) is 4.57 Å². The number of hydrogen-bond acceptors (Lipinski definition) is 6. The number of amides is 2. The van der Waals surface area contributed by atoms with Gasteiger partial charge < -0.3 is 15.1 Å². The minimum atomic E-state index is -0.790. The van der Waals surface area contributed by atoms with Crippen molar-refractivity contribution in [3.8, 4) is 0 Å². The predicted molar refractivity (Wildman–Crippen MR) is 96.5 cm³/mol. The summed E-state index contributed by atoms with van der Waals surface area (Å²) in [5.74, 6) is -1.52. The Morgan fingerprint density at radius 3 is 2.33 bits per heavy atom. The molecule has 0 bridgehead atoms. The van der Waals surface area contributed by atoms with Crippen LogP contribution in [0.5, 0.6) is 0 Å². The van der Waals surface area contributed by atoms with Gasteiger partial charge in [0.15, 0.2) is 5.58 Å². The summed E-state index contributed by atoms with van der Waals surface area (Å²) in [5, 5.41) is 16.1. The number of fused-ring (bicyclic) bond motifs is 1. The molecule has 0 radical (unpaired) electrons. The molecule has 0 unspecified atom stereocenters. The van der Waals surface area contributed by atoms with Gasteiger partial charge in [0.1, 0.15) is 6.54 Å². The first-order chi connectivity index (χ1) is 12.8. The number of carbonyl (C=O) groups excluding carboxylic acids is 2. The van der Waals surface area contributed by atoms with Crippen molar-refractivity contribution in [1.82, 2.24) is 4.57 Å². The third-order valence-electron chi connectivity index (χ3n) is 3.65. The molecule has 3 aromatic rings. The third kappa shape index (κ3) is 4.00. The van der Waals surface area contributed by atoms with Crippen molar-refractivity contribution >= 4 is 40.0 Å². The lowest BCUT2D eigenvalue weighted by Gasteiger charge is -2.07. The van der Waals surface area contributed by atoms with Gasteiger partial charge in [-0.3, -0.25) is 24.3 Å². The van der Waals surface area contributed by atoms with E-state index in [0.29, 0.717) is 11.4 Å². The van der Waals surface area contributed by atoms with E-state index in [2.05, 4.69) is 10.6 Å². The number of anilines is 2. The van der Waals surface area contributed by atoms with E-state index in [-0.39, 0.29) is 29.2 Å². The fraction of sp³-hybridized carbons (Fsp3) is 0.118. The average molecular weight is 370 g/mol. The zero-order valence-corrected chi connectivity index (χ0v) is 14.1. The quantitative estimate of drug-likeness (QED) is 0.521. The van der Waals surface area contributed by atoms with E-state index < -0.39 is 16.6 Å². The van der Waals surface area contributed by atoms with Crippen LogP contribution in [0, 0.1) is 10.1 Å². The number of non-ortho nitro benzene ring substituents is 1.